The third kappa shape index (κ3) is 3.40. The summed E-state index contributed by atoms with van der Waals surface area (Å²) in [6.07, 6.45) is -1.80. The molecule has 2 rings (SSSR count). The Morgan fingerprint density at radius 1 is 1.33 bits per heavy atom. The van der Waals surface area contributed by atoms with Crippen LogP contribution < -0.4 is 0 Å². The molecule has 18 heavy (non-hydrogen) atoms. The number of rotatable bonds is 3. The Labute approximate surface area is 107 Å². The Balaban J connectivity index is 1.92. The van der Waals surface area contributed by atoms with E-state index in [-0.39, 0.29) is 6.10 Å². The van der Waals surface area contributed by atoms with E-state index in [2.05, 4.69) is 0 Å². The monoisotopic (exact) mass is 262 g/mol. The summed E-state index contributed by atoms with van der Waals surface area (Å²) in [5, 5.41) is 19.5. The van der Waals surface area contributed by atoms with E-state index < -0.39 is 30.1 Å². The first-order valence-corrected chi connectivity index (χ1v) is 6.22. The number of ether oxygens (including phenoxy) is 4. The van der Waals surface area contributed by atoms with Crippen molar-refractivity contribution in [2.24, 2.45) is 0 Å². The minimum atomic E-state index is -1.29. The number of aliphatic hydroxyl groups is 2. The molecule has 4 atom stereocenters. The predicted molar refractivity (Wildman–Crippen MR) is 61.6 cm³/mol. The van der Waals surface area contributed by atoms with Gasteiger partial charge in [0.2, 0.25) is 0 Å². The second-order valence-corrected chi connectivity index (χ2v) is 5.77. The lowest BCUT2D eigenvalue weighted by Gasteiger charge is -2.25. The first-order valence-electron chi connectivity index (χ1n) is 6.22. The fourth-order valence-corrected chi connectivity index (χ4v) is 2.26. The molecule has 2 aliphatic rings. The van der Waals surface area contributed by atoms with Crippen LogP contribution in [0.25, 0.3) is 0 Å². The lowest BCUT2D eigenvalue weighted by atomic mass is 10.1. The van der Waals surface area contributed by atoms with E-state index in [1.165, 1.54) is 13.8 Å². The van der Waals surface area contributed by atoms with Crippen LogP contribution in [0, 0.1) is 0 Å². The summed E-state index contributed by atoms with van der Waals surface area (Å²) in [6.45, 7) is 7.06. The van der Waals surface area contributed by atoms with Crippen LogP contribution in [0.2, 0.25) is 0 Å². The van der Waals surface area contributed by atoms with Crippen molar-refractivity contribution >= 4 is 0 Å². The van der Waals surface area contributed by atoms with Gasteiger partial charge in [-0.1, -0.05) is 0 Å². The van der Waals surface area contributed by atoms with Gasteiger partial charge in [0.05, 0.1) is 12.7 Å². The highest BCUT2D eigenvalue weighted by molar-refractivity contribution is 4.88. The maximum atomic E-state index is 9.96. The van der Waals surface area contributed by atoms with Gasteiger partial charge < -0.3 is 29.2 Å². The van der Waals surface area contributed by atoms with Gasteiger partial charge in [0.15, 0.2) is 17.9 Å². The topological polar surface area (TPSA) is 77.4 Å². The maximum absolute atomic E-state index is 9.96. The highest BCUT2D eigenvalue weighted by Crippen LogP contribution is 2.33. The Kier molecular flexibility index (Phi) is 3.70. The molecule has 0 aromatic rings. The van der Waals surface area contributed by atoms with Gasteiger partial charge in [-0.25, -0.2) is 0 Å². The van der Waals surface area contributed by atoms with Gasteiger partial charge in [-0.05, 0) is 27.7 Å². The minimum absolute atomic E-state index is 0.314. The molecule has 4 unspecified atom stereocenters. The van der Waals surface area contributed by atoms with E-state index in [0.717, 1.165) is 0 Å². The zero-order valence-electron chi connectivity index (χ0n) is 11.3. The summed E-state index contributed by atoms with van der Waals surface area (Å²) in [4.78, 5) is 0. The van der Waals surface area contributed by atoms with Crippen LogP contribution in [-0.4, -0.2) is 53.0 Å². The minimum Gasteiger partial charge on any atom is -0.390 e. The molecule has 0 bridgehead atoms. The molecule has 0 spiro atoms. The molecule has 106 valence electrons. The van der Waals surface area contributed by atoms with E-state index in [0.29, 0.717) is 13.0 Å². The van der Waals surface area contributed by atoms with Gasteiger partial charge in [0.25, 0.3) is 0 Å². The van der Waals surface area contributed by atoms with Crippen LogP contribution in [0.1, 0.15) is 34.1 Å². The van der Waals surface area contributed by atoms with E-state index in [1.54, 1.807) is 0 Å². The molecule has 2 saturated heterocycles. The normalized spacial score (nSPS) is 40.3. The number of hydrogen-bond acceptors (Lipinski definition) is 6. The Morgan fingerprint density at radius 2 is 2.00 bits per heavy atom. The number of aliphatic hydroxyl groups excluding tert-OH is 1. The molecule has 0 aromatic heterocycles. The summed E-state index contributed by atoms with van der Waals surface area (Å²) in [6, 6.07) is 0. The van der Waals surface area contributed by atoms with Gasteiger partial charge in [-0.3, -0.25) is 0 Å². The van der Waals surface area contributed by atoms with Crippen LogP contribution in [0.3, 0.4) is 0 Å². The van der Waals surface area contributed by atoms with Crippen LogP contribution in [0.15, 0.2) is 0 Å². The first kappa shape index (κ1) is 14.2. The second-order valence-electron chi connectivity index (χ2n) is 5.77. The van der Waals surface area contributed by atoms with Crippen molar-refractivity contribution < 1.29 is 29.2 Å². The van der Waals surface area contributed by atoms with Crippen LogP contribution in [0.4, 0.5) is 0 Å². The predicted octanol–water partition coefficient (Wildman–Crippen LogP) is 0.359. The largest absolute Gasteiger partial charge is 0.390 e. The van der Waals surface area contributed by atoms with Crippen molar-refractivity contribution in [3.8, 4) is 0 Å². The van der Waals surface area contributed by atoms with Crippen molar-refractivity contribution in [2.75, 3.05) is 6.61 Å². The molecular weight excluding hydrogens is 240 g/mol. The van der Waals surface area contributed by atoms with Gasteiger partial charge in [-0.2, -0.15) is 0 Å². The quantitative estimate of drug-likeness (QED) is 0.715. The smallest absolute Gasteiger partial charge is 0.164 e. The third-order valence-corrected chi connectivity index (χ3v) is 2.94. The molecule has 6 heteroatoms. The Morgan fingerprint density at radius 3 is 2.50 bits per heavy atom. The summed E-state index contributed by atoms with van der Waals surface area (Å²) in [7, 11) is 0. The lowest BCUT2D eigenvalue weighted by molar-refractivity contribution is -0.275. The number of hydrogen-bond donors (Lipinski definition) is 2. The van der Waals surface area contributed by atoms with E-state index in [1.807, 2.05) is 13.8 Å². The zero-order valence-corrected chi connectivity index (χ0v) is 11.3. The van der Waals surface area contributed by atoms with Crippen molar-refractivity contribution in [1.29, 1.82) is 0 Å². The summed E-state index contributed by atoms with van der Waals surface area (Å²) in [5.41, 5.74) is 0. The van der Waals surface area contributed by atoms with E-state index in [4.69, 9.17) is 18.9 Å². The van der Waals surface area contributed by atoms with Crippen molar-refractivity contribution in [2.45, 2.75) is 70.3 Å². The molecule has 0 saturated carbocycles. The summed E-state index contributed by atoms with van der Waals surface area (Å²) in [5.74, 6) is -1.94. The SMILES string of the molecule is CC(C)(O)OC1CC(O)C(C2COC(C)(C)O2)O1. The van der Waals surface area contributed by atoms with Gasteiger partial charge >= 0.3 is 0 Å². The molecule has 0 amide bonds. The maximum Gasteiger partial charge on any atom is 0.164 e. The lowest BCUT2D eigenvalue weighted by Crippen LogP contribution is -2.38. The highest BCUT2D eigenvalue weighted by Gasteiger charge is 2.46. The zero-order chi connectivity index (χ0) is 13.6. The fourth-order valence-electron chi connectivity index (χ4n) is 2.26. The van der Waals surface area contributed by atoms with Gasteiger partial charge in [-0.15, -0.1) is 0 Å². The summed E-state index contributed by atoms with van der Waals surface area (Å²) >= 11 is 0. The molecule has 2 fully saturated rings. The van der Waals surface area contributed by atoms with Crippen LogP contribution in [-0.2, 0) is 18.9 Å². The third-order valence-electron chi connectivity index (χ3n) is 2.94. The molecule has 0 radical (unpaired) electrons. The van der Waals surface area contributed by atoms with Crippen LogP contribution in [0.5, 0.6) is 0 Å². The van der Waals surface area contributed by atoms with Crippen molar-refractivity contribution in [1.82, 2.24) is 0 Å². The second kappa shape index (κ2) is 4.70. The first-order chi connectivity index (χ1) is 8.16. The summed E-state index contributed by atoms with van der Waals surface area (Å²) < 4.78 is 22.0. The molecule has 2 aliphatic heterocycles. The van der Waals surface area contributed by atoms with Crippen molar-refractivity contribution in [3.63, 3.8) is 0 Å². The molecule has 6 nitrogen and oxygen atoms in total. The van der Waals surface area contributed by atoms with Crippen molar-refractivity contribution in [3.05, 3.63) is 0 Å². The molecule has 0 aliphatic carbocycles. The molecule has 0 aromatic carbocycles. The molecule has 2 heterocycles. The van der Waals surface area contributed by atoms with Gasteiger partial charge in [0, 0.05) is 6.42 Å². The molecule has 2 N–H and O–H groups in total. The highest BCUT2D eigenvalue weighted by atomic mass is 16.8. The Bertz CT molecular complexity index is 297. The molecular formula is C12H22O6. The van der Waals surface area contributed by atoms with Crippen LogP contribution >= 0.6 is 0 Å². The fraction of sp³-hybridized carbons (Fsp3) is 1.00. The Hall–Kier alpha value is -0.240. The average Bonchev–Trinajstić information content (AvgIpc) is 2.67. The van der Waals surface area contributed by atoms with Gasteiger partial charge in [0.1, 0.15) is 12.2 Å². The van der Waals surface area contributed by atoms with E-state index in [9.17, 15) is 10.2 Å². The standard InChI is InChI=1S/C12H22O6/c1-11(2,14)18-9-5-7(13)10(16-9)8-6-15-12(3,4)17-8/h7-10,13-14H,5-6H2,1-4H3. The van der Waals surface area contributed by atoms with E-state index >= 15 is 0 Å². The average molecular weight is 262 g/mol.